The number of hydrogen-bond acceptors (Lipinski definition) is 3. The van der Waals surface area contributed by atoms with Crippen LogP contribution in [0.5, 0.6) is 0 Å². The van der Waals surface area contributed by atoms with E-state index in [1.165, 1.54) is 42.1 Å². The van der Waals surface area contributed by atoms with E-state index in [2.05, 4.69) is 134 Å². The number of hydrogen-bond donors (Lipinski definition) is 0. The van der Waals surface area contributed by atoms with Crippen LogP contribution in [0.2, 0.25) is 17.3 Å². The van der Waals surface area contributed by atoms with Crippen LogP contribution >= 0.6 is 11.3 Å². The zero-order chi connectivity index (χ0) is 37.4. The third kappa shape index (κ3) is 9.16. The monoisotopic (exact) mass is 929 g/mol. The molecule has 0 fully saturated rings. The van der Waals surface area contributed by atoms with Crippen LogP contribution in [-0.4, -0.2) is 23.2 Å². The van der Waals surface area contributed by atoms with Crippen LogP contribution in [0, 0.1) is 25.0 Å². The largest absolute Gasteiger partial charge is 0.305 e. The van der Waals surface area contributed by atoms with Crippen molar-refractivity contribution in [2.45, 2.75) is 70.6 Å². The van der Waals surface area contributed by atoms with Gasteiger partial charge in [-0.1, -0.05) is 88.0 Å². The third-order valence-electron chi connectivity index (χ3n) is 8.89. The molecule has 2 nitrogen and oxygen atoms in total. The van der Waals surface area contributed by atoms with Gasteiger partial charge in [-0.2, -0.15) is 11.3 Å². The van der Waals surface area contributed by atoms with Crippen molar-refractivity contribution in [3.05, 3.63) is 138 Å². The Bertz CT molecular complexity index is 2340. The molecule has 3 aromatic heterocycles. The molecular weight excluding hydrogens is 877 g/mol. The predicted octanol–water partition coefficient (Wildman–Crippen LogP) is 12.5. The molecule has 0 saturated heterocycles. The van der Waals surface area contributed by atoms with Crippen LogP contribution in [-0.2, 0) is 31.9 Å². The fourth-order valence-electron chi connectivity index (χ4n) is 6.31. The van der Waals surface area contributed by atoms with Crippen LogP contribution in [0.1, 0.15) is 54.1 Å². The average molecular weight is 928 g/mol. The minimum atomic E-state index is -1.77. The molecule has 0 unspecified atom stereocenters. The molecule has 51 heavy (non-hydrogen) atoms. The summed E-state index contributed by atoms with van der Waals surface area (Å²) in [4.78, 5) is 9.20. The zero-order valence-corrected chi connectivity index (χ0v) is 36.4. The molecule has 7 rings (SSSR count). The van der Waals surface area contributed by atoms with Gasteiger partial charge in [0.1, 0.15) is 0 Å². The molecule has 0 bridgehead atoms. The molecule has 0 N–H and O–H groups in total. The maximum absolute atomic E-state index is 8.52. The van der Waals surface area contributed by atoms with E-state index in [4.69, 9.17) is 2.74 Å². The van der Waals surface area contributed by atoms with Crippen LogP contribution in [0.3, 0.4) is 0 Å². The molecule has 5 heteroatoms. The maximum Gasteiger partial charge on any atom is 0.0318 e. The molecule has 0 spiro atoms. The Hall–Kier alpha value is -3.41. The van der Waals surface area contributed by atoms with E-state index in [-0.39, 0.29) is 31.4 Å². The molecule has 4 aromatic carbocycles. The van der Waals surface area contributed by atoms with Gasteiger partial charge in [0.25, 0.3) is 0 Å². The minimum Gasteiger partial charge on any atom is -0.305 e. The molecule has 0 saturated carbocycles. The molecule has 0 amide bonds. The van der Waals surface area contributed by atoms with Crippen LogP contribution in [0.25, 0.3) is 53.8 Å². The van der Waals surface area contributed by atoms with Gasteiger partial charge < -0.3 is 4.98 Å². The second-order valence-corrected chi connectivity index (χ2v) is 27.0. The molecule has 0 aliphatic carbocycles. The van der Waals surface area contributed by atoms with E-state index in [1.54, 1.807) is 23.6 Å². The number of aromatic nitrogens is 2. The maximum atomic E-state index is 8.52. The predicted molar refractivity (Wildman–Crippen MR) is 220 cm³/mol. The summed E-state index contributed by atoms with van der Waals surface area (Å²) in [6, 6.07) is 40.1. The number of aryl methyl sites for hydroxylation is 1. The van der Waals surface area contributed by atoms with Crippen LogP contribution in [0.4, 0.5) is 0 Å². The van der Waals surface area contributed by atoms with E-state index in [0.29, 0.717) is 5.56 Å². The molecule has 1 radical (unpaired) electrons. The van der Waals surface area contributed by atoms with Gasteiger partial charge >= 0.3 is 106 Å². The van der Waals surface area contributed by atoms with Crippen molar-refractivity contribution in [1.82, 2.24) is 9.97 Å². The second-order valence-electron chi connectivity index (χ2n) is 15.4. The van der Waals surface area contributed by atoms with E-state index in [9.17, 15) is 0 Å². The number of thiophene rings is 1. The first-order chi connectivity index (χ1) is 24.5. The summed E-state index contributed by atoms with van der Waals surface area (Å²) < 4.78 is 20.9. The summed E-state index contributed by atoms with van der Waals surface area (Å²) in [5.74, 6) is 7.08. The Morgan fingerprint density at radius 2 is 1.55 bits per heavy atom. The Balaban J connectivity index is 0.000000253. The van der Waals surface area contributed by atoms with Crippen molar-refractivity contribution in [2.75, 3.05) is 0 Å². The SMILES string of the molecule is Cc1cc(-c2[c-]cccc2)nc[c]1[Ge]([CH3])([CH3])[CH3].[2H]C([2H])(c1ccnc(-c2[c-]ccc3c2sc2cc(-c4ccc(C(C)(C)C)cc4)ccc23)c1)C(C)C.[Ir]. The third-order valence-corrected chi connectivity index (χ3v) is 14.6. The van der Waals surface area contributed by atoms with Gasteiger partial charge in [-0.25, -0.2) is 0 Å². The van der Waals surface area contributed by atoms with Gasteiger partial charge in [-0.05, 0) is 62.3 Å². The second kappa shape index (κ2) is 16.1. The fraction of sp³-hybridized carbons (Fsp3) is 0.261. The molecular formula is C46H48GeIrN2S-2. The number of fused-ring (bicyclic) bond motifs is 3. The quantitative estimate of drug-likeness (QED) is 0.123. The average Bonchev–Trinajstić information content (AvgIpc) is 3.49. The number of benzene rings is 4. The molecule has 0 aliphatic rings. The van der Waals surface area contributed by atoms with E-state index in [1.807, 2.05) is 44.2 Å². The number of pyridine rings is 2. The first-order valence-electron chi connectivity index (χ1n) is 18.4. The summed E-state index contributed by atoms with van der Waals surface area (Å²) in [5.41, 5.74) is 9.73. The van der Waals surface area contributed by atoms with Crippen molar-refractivity contribution >= 4 is 49.2 Å². The van der Waals surface area contributed by atoms with Crippen LogP contribution in [0.15, 0.2) is 109 Å². The molecule has 3 heterocycles. The summed E-state index contributed by atoms with van der Waals surface area (Å²) in [5, 5.41) is 2.41. The summed E-state index contributed by atoms with van der Waals surface area (Å²) >= 11 is -0.0186. The minimum absolute atomic E-state index is 0. The van der Waals surface area contributed by atoms with Gasteiger partial charge in [0, 0.05) is 33.7 Å². The molecule has 263 valence electrons. The molecule has 7 aromatic rings. The Labute approximate surface area is 328 Å². The van der Waals surface area contributed by atoms with Crippen molar-refractivity contribution in [2.24, 2.45) is 5.92 Å². The zero-order valence-electron chi connectivity index (χ0n) is 33.1. The standard InChI is InChI=1S/C31H30NS.C15H18GeN.Ir/c1-20(2)17-21-15-16-32-28(18-21)27-8-6-7-26-25-14-11-23(19-29(25)33-30(26)27)22-9-12-24(13-10-22)31(3,4)5;1-12-10-15(13-8-6-5-7-9-13)17-11-14(12)16(2,3)4;/h6-7,9-16,18-20H,17H2,1-5H3;5-8,10-11H,1-4H3;/q2*-1;/i17D2;;. The molecule has 0 aliphatic heterocycles. The first kappa shape index (κ1) is 36.0. The van der Waals surface area contributed by atoms with Gasteiger partial charge in [-0.15, -0.1) is 23.8 Å². The summed E-state index contributed by atoms with van der Waals surface area (Å²) in [6.07, 6.45) is 2.37. The van der Waals surface area contributed by atoms with Gasteiger partial charge in [0.05, 0.1) is 0 Å². The van der Waals surface area contributed by atoms with E-state index >= 15 is 0 Å². The summed E-state index contributed by atoms with van der Waals surface area (Å²) in [6.45, 7) is 12.7. The molecule has 0 atom stereocenters. The van der Waals surface area contributed by atoms with Gasteiger partial charge in [0.2, 0.25) is 0 Å². The van der Waals surface area contributed by atoms with Crippen molar-refractivity contribution < 1.29 is 22.8 Å². The normalized spacial score (nSPS) is 12.6. The Morgan fingerprint density at radius 3 is 2.20 bits per heavy atom. The number of rotatable bonds is 6. The van der Waals surface area contributed by atoms with Gasteiger partial charge in [-0.3, -0.25) is 0 Å². The van der Waals surface area contributed by atoms with Crippen molar-refractivity contribution in [1.29, 1.82) is 0 Å². The first-order valence-corrected chi connectivity index (χ1v) is 25.6. The van der Waals surface area contributed by atoms with Crippen LogP contribution < -0.4 is 4.40 Å². The number of nitrogens with zero attached hydrogens (tertiary/aromatic N) is 2. The summed E-state index contributed by atoms with van der Waals surface area (Å²) in [7, 11) is 0. The van der Waals surface area contributed by atoms with Crippen molar-refractivity contribution in [3.8, 4) is 33.6 Å². The smallest absolute Gasteiger partial charge is 0.0318 e. The van der Waals surface area contributed by atoms with E-state index in [0.717, 1.165) is 27.2 Å². The van der Waals surface area contributed by atoms with Gasteiger partial charge in [0.15, 0.2) is 0 Å². The Kier molecular flexibility index (Phi) is 11.3. The fourth-order valence-corrected chi connectivity index (χ4v) is 11.1. The topological polar surface area (TPSA) is 25.8 Å². The Morgan fingerprint density at radius 1 is 0.804 bits per heavy atom. The van der Waals surface area contributed by atoms with Crippen molar-refractivity contribution in [3.63, 3.8) is 0 Å². The van der Waals surface area contributed by atoms with E-state index < -0.39 is 19.6 Å².